The summed E-state index contributed by atoms with van der Waals surface area (Å²) in [6.45, 7) is 33.7. The molecule has 340 valence electrons. The van der Waals surface area contributed by atoms with Gasteiger partial charge in [-0.15, -0.1) is 11.3 Å². The first-order valence-electron chi connectivity index (χ1n) is 25.1. The van der Waals surface area contributed by atoms with Gasteiger partial charge in [0.1, 0.15) is 5.58 Å². The molecule has 2 aliphatic carbocycles. The number of hydrogen-bond donors (Lipinski definition) is 0. The molecular formula is C62H67BN2OS. The van der Waals surface area contributed by atoms with Crippen molar-refractivity contribution in [2.24, 2.45) is 0 Å². The lowest BCUT2D eigenvalue weighted by molar-refractivity contribution is 0.332. The number of fused-ring (bicyclic) bond motifs is 11. The normalized spacial score (nSPS) is 18.6. The fourth-order valence-electron chi connectivity index (χ4n) is 12.7. The van der Waals surface area contributed by atoms with Gasteiger partial charge in [0, 0.05) is 54.0 Å². The van der Waals surface area contributed by atoms with Crippen molar-refractivity contribution in [1.82, 2.24) is 0 Å². The Balaban J connectivity index is 1.23. The van der Waals surface area contributed by atoms with Gasteiger partial charge in [-0.1, -0.05) is 120 Å². The number of aryl methyl sites for hydroxylation is 1. The van der Waals surface area contributed by atoms with E-state index in [1.807, 2.05) is 11.3 Å². The van der Waals surface area contributed by atoms with E-state index in [1.54, 1.807) is 0 Å². The smallest absolute Gasteiger partial charge is 0.297 e. The lowest BCUT2D eigenvalue weighted by Crippen LogP contribution is -2.61. The number of rotatable bonds is 3. The molecule has 0 atom stereocenters. The zero-order valence-corrected chi connectivity index (χ0v) is 43.2. The predicted molar refractivity (Wildman–Crippen MR) is 291 cm³/mol. The zero-order valence-electron chi connectivity index (χ0n) is 42.4. The minimum absolute atomic E-state index is 0.0263. The first-order chi connectivity index (χ1) is 31.5. The van der Waals surface area contributed by atoms with Crippen LogP contribution >= 0.6 is 11.3 Å². The average molecular weight is 899 g/mol. The topological polar surface area (TPSA) is 19.6 Å². The summed E-state index contributed by atoms with van der Waals surface area (Å²) < 4.78 is 10.3. The van der Waals surface area contributed by atoms with Gasteiger partial charge in [-0.3, -0.25) is 0 Å². The Morgan fingerprint density at radius 2 is 1.18 bits per heavy atom. The van der Waals surface area contributed by atoms with Gasteiger partial charge < -0.3 is 14.2 Å². The van der Waals surface area contributed by atoms with Crippen molar-refractivity contribution in [3.8, 4) is 0 Å². The summed E-state index contributed by atoms with van der Waals surface area (Å²) in [7, 11) is 0. The van der Waals surface area contributed by atoms with Gasteiger partial charge >= 0.3 is 0 Å². The Labute approximate surface area is 403 Å². The molecule has 0 radical (unpaired) electrons. The molecule has 0 unspecified atom stereocenters. The van der Waals surface area contributed by atoms with Gasteiger partial charge in [0.15, 0.2) is 0 Å². The van der Waals surface area contributed by atoms with E-state index in [0.29, 0.717) is 5.92 Å². The molecule has 0 spiro atoms. The maximum atomic E-state index is 7.68. The highest BCUT2D eigenvalue weighted by Crippen LogP contribution is 2.54. The highest BCUT2D eigenvalue weighted by Gasteiger charge is 2.50. The fraction of sp³-hybridized carbons (Fsp3) is 0.387. The zero-order chi connectivity index (χ0) is 47.1. The highest BCUT2D eigenvalue weighted by atomic mass is 32.1. The van der Waals surface area contributed by atoms with Crippen LogP contribution in [0.15, 0.2) is 101 Å². The van der Waals surface area contributed by atoms with Gasteiger partial charge in [0.2, 0.25) is 0 Å². The van der Waals surface area contributed by atoms with Crippen molar-refractivity contribution in [3.05, 3.63) is 136 Å². The van der Waals surface area contributed by atoms with Crippen LogP contribution in [0, 0.1) is 6.92 Å². The second kappa shape index (κ2) is 13.9. The van der Waals surface area contributed by atoms with E-state index in [-0.39, 0.29) is 33.8 Å². The molecule has 0 N–H and O–H groups in total. The van der Waals surface area contributed by atoms with E-state index in [4.69, 9.17) is 4.42 Å². The number of nitrogens with zero attached hydrogens (tertiary/aromatic N) is 2. The van der Waals surface area contributed by atoms with E-state index in [0.717, 1.165) is 36.9 Å². The van der Waals surface area contributed by atoms with Crippen molar-refractivity contribution in [2.75, 3.05) is 9.80 Å². The first kappa shape index (κ1) is 43.1. The third-order valence-electron chi connectivity index (χ3n) is 17.1. The quantitative estimate of drug-likeness (QED) is 0.165. The Kier molecular flexibility index (Phi) is 8.95. The van der Waals surface area contributed by atoms with Crippen LogP contribution in [0.4, 0.5) is 34.1 Å². The summed E-state index contributed by atoms with van der Waals surface area (Å²) >= 11 is 1.89. The Bertz CT molecular complexity index is 3420. The van der Waals surface area contributed by atoms with Gasteiger partial charge in [-0.05, 0) is 182 Å². The molecular weight excluding hydrogens is 832 g/mol. The minimum Gasteiger partial charge on any atom is -0.468 e. The van der Waals surface area contributed by atoms with Gasteiger partial charge in [0.25, 0.3) is 6.71 Å². The molecule has 0 fully saturated rings. The number of benzene rings is 6. The second-order valence-electron chi connectivity index (χ2n) is 25.0. The minimum atomic E-state index is -0.110. The standard InChI is InChI=1S/C62H67BN2OS/c1-35(2)37-27-38(58(4,5)6)29-40(28-37)64-49-33-46-45(60(9,10)22-23-61(46,11)12)32-48(49)63-55-50(64)25-36(3)26-51(55)65(39-19-20-54-42(30-39)41-17-15-16-18-53(41)67-54)56-43-31-44-47(34-52(43)66-57(56)63)62(13,14)24-21-59(44,7)8/h15-20,25-35H,21-24H2,1-14H3. The maximum absolute atomic E-state index is 7.68. The van der Waals surface area contributed by atoms with Gasteiger partial charge in [-0.25, -0.2) is 0 Å². The monoisotopic (exact) mass is 899 g/mol. The third-order valence-corrected chi connectivity index (χ3v) is 18.3. The summed E-state index contributed by atoms with van der Waals surface area (Å²) in [5.41, 5.74) is 22.1. The van der Waals surface area contributed by atoms with Crippen molar-refractivity contribution >= 4 is 99.9 Å². The van der Waals surface area contributed by atoms with Crippen molar-refractivity contribution in [2.45, 2.75) is 156 Å². The van der Waals surface area contributed by atoms with E-state index >= 15 is 0 Å². The molecule has 8 aromatic rings. The lowest BCUT2D eigenvalue weighted by atomic mass is 9.35. The number of thiophene rings is 1. The first-order valence-corrected chi connectivity index (χ1v) is 26.0. The van der Waals surface area contributed by atoms with Gasteiger partial charge in [0.05, 0.1) is 11.3 Å². The van der Waals surface area contributed by atoms with E-state index in [9.17, 15) is 0 Å². The molecule has 67 heavy (non-hydrogen) atoms. The number of furan rings is 1. The molecule has 5 heteroatoms. The van der Waals surface area contributed by atoms with Crippen molar-refractivity contribution < 1.29 is 4.42 Å². The molecule has 12 rings (SSSR count). The maximum Gasteiger partial charge on any atom is 0.297 e. The van der Waals surface area contributed by atoms with Crippen LogP contribution in [0.5, 0.6) is 0 Å². The van der Waals surface area contributed by atoms with Crippen LogP contribution in [0.3, 0.4) is 0 Å². The third kappa shape index (κ3) is 6.28. The van der Waals surface area contributed by atoms with Crippen molar-refractivity contribution in [3.63, 3.8) is 0 Å². The van der Waals surface area contributed by atoms with Crippen LogP contribution < -0.4 is 26.4 Å². The Morgan fingerprint density at radius 3 is 1.84 bits per heavy atom. The molecule has 0 saturated carbocycles. The van der Waals surface area contributed by atoms with E-state index in [2.05, 4.69) is 204 Å². The molecule has 4 heterocycles. The van der Waals surface area contributed by atoms with Gasteiger partial charge in [-0.2, -0.15) is 0 Å². The largest absolute Gasteiger partial charge is 0.468 e. The molecule has 2 aliphatic heterocycles. The molecule has 4 aliphatic rings. The molecule has 2 aromatic heterocycles. The molecule has 0 saturated heterocycles. The Morgan fingerprint density at radius 1 is 0.582 bits per heavy atom. The second-order valence-corrected chi connectivity index (χ2v) is 26.1. The van der Waals surface area contributed by atoms with Crippen LogP contribution in [-0.4, -0.2) is 6.71 Å². The summed E-state index contributed by atoms with van der Waals surface area (Å²) in [6, 6.07) is 38.8. The summed E-state index contributed by atoms with van der Waals surface area (Å²) in [5, 5.41) is 3.84. The average Bonchev–Trinajstić information content (AvgIpc) is 3.83. The Hall–Kier alpha value is -5.26. The molecule has 6 aromatic carbocycles. The number of hydrogen-bond acceptors (Lipinski definition) is 4. The van der Waals surface area contributed by atoms with Crippen LogP contribution in [0.25, 0.3) is 31.1 Å². The molecule has 0 amide bonds. The fourth-order valence-corrected chi connectivity index (χ4v) is 13.8. The van der Waals surface area contributed by atoms with Crippen LogP contribution in [-0.2, 0) is 27.1 Å². The number of anilines is 6. The predicted octanol–water partition coefficient (Wildman–Crippen LogP) is 16.3. The summed E-state index contributed by atoms with van der Waals surface area (Å²) in [6.07, 6.45) is 4.64. The van der Waals surface area contributed by atoms with Crippen molar-refractivity contribution in [1.29, 1.82) is 0 Å². The highest BCUT2D eigenvalue weighted by molar-refractivity contribution is 7.25. The SMILES string of the molecule is Cc1cc2c3c(c1)N(c1ccc4sc5ccccc5c4c1)c1c(oc4cc5c(cc14)C(C)(C)CCC5(C)C)B3c1cc3c(cc1N2c1cc(C(C)C)cc(C(C)(C)C)c1)C(C)(C)CCC3(C)C. The lowest BCUT2D eigenvalue weighted by Gasteiger charge is -2.46. The van der Waals surface area contributed by atoms with Crippen LogP contribution in [0.1, 0.15) is 161 Å². The summed E-state index contributed by atoms with van der Waals surface area (Å²) in [5.74, 6) is 0.380. The molecule has 0 bridgehead atoms. The molecule has 3 nitrogen and oxygen atoms in total. The van der Waals surface area contributed by atoms with Crippen LogP contribution in [0.2, 0.25) is 0 Å². The van der Waals surface area contributed by atoms with E-state index < -0.39 is 0 Å². The summed E-state index contributed by atoms with van der Waals surface area (Å²) in [4.78, 5) is 5.28. The van der Waals surface area contributed by atoms with E-state index in [1.165, 1.54) is 110 Å².